The van der Waals surface area contributed by atoms with Gasteiger partial charge in [-0.15, -0.1) is 0 Å². The fraction of sp³-hybridized carbons (Fsp3) is 0. The molecular weight excluding hydrogens is 507 g/mol. The number of benzene rings is 4. The summed E-state index contributed by atoms with van der Waals surface area (Å²) in [5.41, 5.74) is 0.725. The lowest BCUT2D eigenvalue weighted by Crippen LogP contribution is -2.13. The Labute approximate surface area is 212 Å². The first kappa shape index (κ1) is 24.3. The van der Waals surface area contributed by atoms with Gasteiger partial charge in [-0.3, -0.25) is 4.79 Å². The number of halogens is 2. The van der Waals surface area contributed by atoms with Gasteiger partial charge < -0.3 is 9.50 Å². The Bertz CT molecular complexity index is 1610. The third-order valence-electron chi connectivity index (χ3n) is 4.95. The number of nitrogens with zero attached hydrogens (tertiary/aromatic N) is 1. The summed E-state index contributed by atoms with van der Waals surface area (Å²) in [7, 11) is -4.05. The number of nitriles is 1. The van der Waals surface area contributed by atoms with Crippen LogP contribution in [0.1, 0.15) is 5.56 Å². The molecule has 0 radical (unpaired) electrons. The molecule has 0 aromatic heterocycles. The molecule has 9 heteroatoms. The Hall–Kier alpha value is -3.83. The highest BCUT2D eigenvalue weighted by Crippen LogP contribution is 2.26. The molecule has 35 heavy (non-hydrogen) atoms. The minimum atomic E-state index is -4.05. The number of hydrogen-bond acceptors (Lipinski definition) is 5. The molecule has 6 nitrogen and oxygen atoms in total. The van der Waals surface area contributed by atoms with E-state index in [1.54, 1.807) is 18.2 Å². The molecule has 0 bridgehead atoms. The number of nitrogens with one attached hydrogen (secondary N) is 1. The summed E-state index contributed by atoms with van der Waals surface area (Å²) in [4.78, 5) is 12.5. The van der Waals surface area contributed by atoms with Crippen molar-refractivity contribution >= 4 is 61.8 Å². The highest BCUT2D eigenvalue weighted by molar-refractivity contribution is 7.87. The second kappa shape index (κ2) is 10.2. The van der Waals surface area contributed by atoms with Gasteiger partial charge in [0.25, 0.3) is 5.91 Å². The Morgan fingerprint density at radius 2 is 1.60 bits per heavy atom. The van der Waals surface area contributed by atoms with Crippen molar-refractivity contribution in [3.63, 3.8) is 0 Å². The van der Waals surface area contributed by atoms with Gasteiger partial charge in [0.05, 0.1) is 10.0 Å². The highest BCUT2D eigenvalue weighted by atomic mass is 35.5. The predicted octanol–water partition coefficient (Wildman–Crippen LogP) is 6.46. The maximum absolute atomic E-state index is 12.7. The van der Waals surface area contributed by atoms with Crippen LogP contribution in [0.15, 0.2) is 95.4 Å². The molecular formula is C26H16Cl2N2O4S. The van der Waals surface area contributed by atoms with E-state index in [4.69, 9.17) is 27.4 Å². The van der Waals surface area contributed by atoms with Crippen molar-refractivity contribution in [2.24, 2.45) is 0 Å². The molecule has 4 aromatic carbocycles. The Morgan fingerprint density at radius 1 is 0.886 bits per heavy atom. The van der Waals surface area contributed by atoms with Crippen LogP contribution in [0.2, 0.25) is 10.0 Å². The molecule has 1 N–H and O–H groups in total. The van der Waals surface area contributed by atoms with Crippen molar-refractivity contribution in [3.8, 4) is 11.8 Å². The second-order valence-corrected chi connectivity index (χ2v) is 9.73. The molecule has 0 saturated heterocycles. The SMILES string of the molecule is N#C/C(=C/c1ccc(OS(=O)(=O)c2ccc3ccccc3c2)cc1)C(=O)Nc1ccc(Cl)c(Cl)c1. The van der Waals surface area contributed by atoms with Crippen molar-refractivity contribution in [2.45, 2.75) is 4.90 Å². The topological polar surface area (TPSA) is 96.3 Å². The second-order valence-electron chi connectivity index (χ2n) is 7.37. The van der Waals surface area contributed by atoms with E-state index in [1.807, 2.05) is 30.3 Å². The summed E-state index contributed by atoms with van der Waals surface area (Å²) in [6, 6.07) is 24.5. The Kier molecular flexibility index (Phi) is 7.08. The third-order valence-corrected chi connectivity index (χ3v) is 6.93. The molecule has 4 rings (SSSR count). The van der Waals surface area contributed by atoms with E-state index in [0.717, 1.165) is 10.8 Å². The number of carbonyl (C=O) groups excluding carboxylic acids is 1. The van der Waals surface area contributed by atoms with Gasteiger partial charge >= 0.3 is 10.1 Å². The smallest absolute Gasteiger partial charge is 0.339 e. The molecule has 0 heterocycles. The average Bonchev–Trinajstić information content (AvgIpc) is 2.85. The molecule has 0 unspecified atom stereocenters. The lowest BCUT2D eigenvalue weighted by atomic mass is 10.1. The quantitative estimate of drug-likeness (QED) is 0.178. The summed E-state index contributed by atoms with van der Waals surface area (Å²) in [6.45, 7) is 0. The maximum Gasteiger partial charge on any atom is 0.339 e. The lowest BCUT2D eigenvalue weighted by molar-refractivity contribution is -0.112. The lowest BCUT2D eigenvalue weighted by Gasteiger charge is -2.08. The fourth-order valence-electron chi connectivity index (χ4n) is 3.20. The van der Waals surface area contributed by atoms with Gasteiger partial charge in [0.2, 0.25) is 0 Å². The molecule has 0 saturated carbocycles. The van der Waals surface area contributed by atoms with Crippen molar-refractivity contribution in [1.82, 2.24) is 0 Å². The predicted molar refractivity (Wildman–Crippen MR) is 137 cm³/mol. The average molecular weight is 523 g/mol. The number of carbonyl (C=O) groups is 1. The molecule has 0 aliphatic heterocycles. The molecule has 4 aromatic rings. The van der Waals surface area contributed by atoms with Crippen LogP contribution in [0, 0.1) is 11.3 Å². The van der Waals surface area contributed by atoms with Crippen LogP contribution in [-0.2, 0) is 14.9 Å². The number of fused-ring (bicyclic) bond motifs is 1. The highest BCUT2D eigenvalue weighted by Gasteiger charge is 2.17. The third kappa shape index (κ3) is 5.81. The van der Waals surface area contributed by atoms with Gasteiger partial charge in [0, 0.05) is 5.69 Å². The van der Waals surface area contributed by atoms with E-state index in [2.05, 4.69) is 5.32 Å². The Balaban J connectivity index is 1.49. The first-order valence-corrected chi connectivity index (χ1v) is 12.3. The first-order valence-electron chi connectivity index (χ1n) is 10.2. The molecule has 174 valence electrons. The summed E-state index contributed by atoms with van der Waals surface area (Å²) >= 11 is 11.8. The minimum absolute atomic E-state index is 0.0333. The van der Waals surface area contributed by atoms with Gasteiger partial charge in [-0.1, -0.05) is 65.7 Å². The first-order chi connectivity index (χ1) is 16.7. The molecule has 1 amide bonds. The van der Waals surface area contributed by atoms with Crippen LogP contribution in [0.25, 0.3) is 16.8 Å². The van der Waals surface area contributed by atoms with E-state index >= 15 is 0 Å². The van der Waals surface area contributed by atoms with Crippen LogP contribution in [-0.4, -0.2) is 14.3 Å². The number of anilines is 1. The number of rotatable bonds is 6. The van der Waals surface area contributed by atoms with Gasteiger partial charge in [-0.05, 0) is 64.9 Å². The van der Waals surface area contributed by atoms with E-state index < -0.39 is 16.0 Å². The van der Waals surface area contributed by atoms with Crippen LogP contribution in [0.3, 0.4) is 0 Å². The molecule has 0 spiro atoms. The largest absolute Gasteiger partial charge is 0.379 e. The minimum Gasteiger partial charge on any atom is -0.379 e. The van der Waals surface area contributed by atoms with Crippen LogP contribution in [0.4, 0.5) is 5.69 Å². The standard InChI is InChI=1S/C26H16Cl2N2O4S/c27-24-12-8-21(15-25(24)28)30-26(31)20(16-29)13-17-5-9-22(10-6-17)34-35(32,33)23-11-7-18-3-1-2-4-19(18)14-23/h1-15H,(H,30,31)/b20-13-. The van der Waals surface area contributed by atoms with E-state index in [9.17, 15) is 18.5 Å². The van der Waals surface area contributed by atoms with Crippen LogP contribution in [0.5, 0.6) is 5.75 Å². The van der Waals surface area contributed by atoms with E-state index in [1.165, 1.54) is 48.5 Å². The number of hydrogen-bond donors (Lipinski definition) is 1. The summed E-state index contributed by atoms with van der Waals surface area (Å²) in [5.74, 6) is -0.542. The summed E-state index contributed by atoms with van der Waals surface area (Å²) < 4.78 is 30.7. The van der Waals surface area contributed by atoms with Gasteiger partial charge in [0.1, 0.15) is 22.3 Å². The van der Waals surface area contributed by atoms with Crippen LogP contribution >= 0.6 is 23.2 Å². The summed E-state index contributed by atoms with van der Waals surface area (Å²) in [5, 5.41) is 14.3. The molecule has 0 atom stereocenters. The van der Waals surface area contributed by atoms with Crippen molar-refractivity contribution in [1.29, 1.82) is 5.26 Å². The van der Waals surface area contributed by atoms with Gasteiger partial charge in [-0.25, -0.2) is 0 Å². The van der Waals surface area contributed by atoms with Crippen molar-refractivity contribution in [3.05, 3.63) is 106 Å². The summed E-state index contributed by atoms with van der Waals surface area (Å²) in [6.07, 6.45) is 1.37. The number of amides is 1. The van der Waals surface area contributed by atoms with E-state index in [0.29, 0.717) is 16.3 Å². The zero-order valence-electron chi connectivity index (χ0n) is 17.9. The van der Waals surface area contributed by atoms with E-state index in [-0.39, 0.29) is 21.2 Å². The van der Waals surface area contributed by atoms with Crippen molar-refractivity contribution in [2.75, 3.05) is 5.32 Å². The maximum atomic E-state index is 12.7. The normalized spacial score (nSPS) is 11.6. The zero-order valence-corrected chi connectivity index (χ0v) is 20.2. The van der Waals surface area contributed by atoms with Gasteiger partial charge in [-0.2, -0.15) is 13.7 Å². The monoisotopic (exact) mass is 522 g/mol. The molecule has 0 aliphatic carbocycles. The fourth-order valence-corrected chi connectivity index (χ4v) is 4.47. The zero-order chi connectivity index (χ0) is 25.0. The van der Waals surface area contributed by atoms with Crippen LogP contribution < -0.4 is 9.50 Å². The molecule has 0 aliphatic rings. The Morgan fingerprint density at radius 3 is 2.29 bits per heavy atom. The molecule has 0 fully saturated rings. The van der Waals surface area contributed by atoms with Gasteiger partial charge in [0.15, 0.2) is 0 Å². The van der Waals surface area contributed by atoms with Crippen molar-refractivity contribution < 1.29 is 17.4 Å².